The molecule has 0 bridgehead atoms. The van der Waals surface area contributed by atoms with E-state index in [-0.39, 0.29) is 0 Å². The molecule has 0 heterocycles. The number of hydrogen-bond acceptors (Lipinski definition) is 1. The minimum absolute atomic E-state index is 0.647. The maximum absolute atomic E-state index is 3.36. The predicted octanol–water partition coefficient (Wildman–Crippen LogP) is 4.79. The molecule has 0 amide bonds. The third-order valence-electron chi connectivity index (χ3n) is 3.70. The Labute approximate surface area is 116 Å². The largest absolute Gasteiger partial charge is 0.365 e. The minimum atomic E-state index is 0.647. The Morgan fingerprint density at radius 1 is 1.11 bits per heavy atom. The zero-order valence-corrected chi connectivity index (χ0v) is 12.1. The topological polar surface area (TPSA) is 12.0 Å². The van der Waals surface area contributed by atoms with Crippen molar-refractivity contribution in [2.24, 2.45) is 5.92 Å². The number of rotatable bonds is 4. The molecule has 0 saturated carbocycles. The smallest absolute Gasteiger partial charge is 0.0152 e. The van der Waals surface area contributed by atoms with Gasteiger partial charge in [0.15, 0.2) is 0 Å². The van der Waals surface area contributed by atoms with E-state index in [1.54, 1.807) is 0 Å². The fourth-order valence-electron chi connectivity index (χ4n) is 2.26. The van der Waals surface area contributed by atoms with Gasteiger partial charge < -0.3 is 5.32 Å². The zero-order chi connectivity index (χ0) is 13.7. The van der Waals surface area contributed by atoms with Crippen LogP contribution in [0.4, 0.5) is 0 Å². The summed E-state index contributed by atoms with van der Waals surface area (Å²) in [5.41, 5.74) is 5.57. The van der Waals surface area contributed by atoms with Gasteiger partial charge in [0, 0.05) is 11.9 Å². The third kappa shape index (κ3) is 4.13. The Hall–Kier alpha value is -1.76. The lowest BCUT2D eigenvalue weighted by Gasteiger charge is -2.18. The number of nitrogens with one attached hydrogen (secondary N) is 1. The summed E-state index contributed by atoms with van der Waals surface area (Å²) in [6.07, 6.45) is 19.3. The molecule has 0 aromatic rings. The molecule has 0 aromatic carbocycles. The monoisotopic (exact) mass is 253 g/mol. The first-order valence-corrected chi connectivity index (χ1v) is 6.98. The number of allylic oxidation sites excluding steroid dienone is 11. The molecule has 0 radical (unpaired) electrons. The molecule has 0 fully saturated rings. The molecule has 1 unspecified atom stereocenters. The maximum Gasteiger partial charge on any atom is 0.0152 e. The van der Waals surface area contributed by atoms with Crippen LogP contribution in [0.5, 0.6) is 0 Å². The van der Waals surface area contributed by atoms with Gasteiger partial charge in [-0.1, -0.05) is 48.5 Å². The van der Waals surface area contributed by atoms with Crippen LogP contribution in [0.1, 0.15) is 33.6 Å². The van der Waals surface area contributed by atoms with E-state index in [2.05, 4.69) is 68.6 Å². The molecule has 100 valence electrons. The average Bonchev–Trinajstić information content (AvgIpc) is 2.79. The molecule has 1 N–H and O–H groups in total. The molecule has 0 saturated heterocycles. The normalized spacial score (nSPS) is 23.4. The lowest BCUT2D eigenvalue weighted by atomic mass is 9.93. The highest BCUT2D eigenvalue weighted by Crippen LogP contribution is 2.22. The highest BCUT2D eigenvalue weighted by Gasteiger charge is 2.10. The SMILES string of the molecule is CC1=CC=C(/C=C\C=C/NC2=CC=C(C)C(C)C2)C1. The van der Waals surface area contributed by atoms with E-state index in [1.165, 1.54) is 22.4 Å². The Morgan fingerprint density at radius 2 is 1.95 bits per heavy atom. The highest BCUT2D eigenvalue weighted by atomic mass is 14.8. The van der Waals surface area contributed by atoms with Gasteiger partial charge in [-0.15, -0.1) is 0 Å². The standard InChI is InChI=1S/C18H23N/c1-14-7-9-17(12-14)6-4-5-11-19-18-10-8-15(2)16(3)13-18/h4-11,16,19H,12-13H2,1-3H3/b6-4-,11-5-. The third-order valence-corrected chi connectivity index (χ3v) is 3.70. The van der Waals surface area contributed by atoms with Gasteiger partial charge in [-0.3, -0.25) is 0 Å². The van der Waals surface area contributed by atoms with Crippen molar-refractivity contribution in [1.82, 2.24) is 5.32 Å². The van der Waals surface area contributed by atoms with Crippen LogP contribution in [0.2, 0.25) is 0 Å². The maximum atomic E-state index is 3.36. The van der Waals surface area contributed by atoms with Gasteiger partial charge in [0.1, 0.15) is 0 Å². The Morgan fingerprint density at radius 3 is 2.63 bits per heavy atom. The molecule has 2 rings (SSSR count). The summed E-state index contributed by atoms with van der Waals surface area (Å²) in [6, 6.07) is 0. The summed E-state index contributed by atoms with van der Waals surface area (Å²) in [5, 5.41) is 3.36. The number of hydrogen-bond donors (Lipinski definition) is 1. The second-order valence-corrected chi connectivity index (χ2v) is 5.50. The van der Waals surface area contributed by atoms with E-state index in [9.17, 15) is 0 Å². The zero-order valence-electron chi connectivity index (χ0n) is 12.1. The van der Waals surface area contributed by atoms with Crippen molar-refractivity contribution in [1.29, 1.82) is 0 Å². The van der Waals surface area contributed by atoms with Crippen molar-refractivity contribution >= 4 is 0 Å². The molecule has 1 nitrogen and oxygen atoms in total. The molecule has 1 heteroatoms. The lowest BCUT2D eigenvalue weighted by molar-refractivity contribution is 0.640. The van der Waals surface area contributed by atoms with Crippen LogP contribution in [-0.4, -0.2) is 0 Å². The average molecular weight is 253 g/mol. The van der Waals surface area contributed by atoms with E-state index in [4.69, 9.17) is 0 Å². The molecular formula is C18H23N. The fraction of sp³-hybridized carbons (Fsp3) is 0.333. The molecule has 2 aliphatic carbocycles. The van der Waals surface area contributed by atoms with Crippen molar-refractivity contribution in [3.63, 3.8) is 0 Å². The van der Waals surface area contributed by atoms with Gasteiger partial charge >= 0.3 is 0 Å². The Bertz CT molecular complexity index is 510. The second kappa shape index (κ2) is 6.42. The first-order valence-electron chi connectivity index (χ1n) is 6.98. The van der Waals surface area contributed by atoms with Crippen LogP contribution in [0, 0.1) is 5.92 Å². The van der Waals surface area contributed by atoms with Gasteiger partial charge in [-0.25, -0.2) is 0 Å². The van der Waals surface area contributed by atoms with E-state index in [0.29, 0.717) is 5.92 Å². The van der Waals surface area contributed by atoms with Gasteiger partial charge in [0.25, 0.3) is 0 Å². The summed E-state index contributed by atoms with van der Waals surface area (Å²) in [7, 11) is 0. The van der Waals surface area contributed by atoms with E-state index in [0.717, 1.165) is 12.8 Å². The van der Waals surface area contributed by atoms with Crippen LogP contribution >= 0.6 is 0 Å². The van der Waals surface area contributed by atoms with Crippen molar-refractivity contribution in [3.8, 4) is 0 Å². The lowest BCUT2D eigenvalue weighted by Crippen LogP contribution is -2.12. The van der Waals surface area contributed by atoms with Crippen molar-refractivity contribution < 1.29 is 0 Å². The summed E-state index contributed by atoms with van der Waals surface area (Å²) in [4.78, 5) is 0. The summed E-state index contributed by atoms with van der Waals surface area (Å²) < 4.78 is 0. The van der Waals surface area contributed by atoms with Crippen molar-refractivity contribution in [2.75, 3.05) is 0 Å². The van der Waals surface area contributed by atoms with Crippen LogP contribution in [-0.2, 0) is 0 Å². The van der Waals surface area contributed by atoms with Gasteiger partial charge in [0.2, 0.25) is 0 Å². The van der Waals surface area contributed by atoms with Crippen LogP contribution in [0.3, 0.4) is 0 Å². The van der Waals surface area contributed by atoms with Crippen LogP contribution < -0.4 is 5.32 Å². The van der Waals surface area contributed by atoms with Crippen molar-refractivity contribution in [3.05, 3.63) is 71.1 Å². The van der Waals surface area contributed by atoms with Gasteiger partial charge in [0.05, 0.1) is 0 Å². The fourth-order valence-corrected chi connectivity index (χ4v) is 2.26. The second-order valence-electron chi connectivity index (χ2n) is 5.50. The first kappa shape index (κ1) is 13.7. The van der Waals surface area contributed by atoms with Crippen LogP contribution in [0.25, 0.3) is 0 Å². The van der Waals surface area contributed by atoms with E-state index in [1.807, 2.05) is 6.20 Å². The molecule has 1 atom stereocenters. The van der Waals surface area contributed by atoms with Crippen LogP contribution in [0.15, 0.2) is 71.1 Å². The van der Waals surface area contributed by atoms with Gasteiger partial charge in [-0.05, 0) is 50.3 Å². The minimum Gasteiger partial charge on any atom is -0.365 e. The summed E-state index contributed by atoms with van der Waals surface area (Å²) >= 11 is 0. The molecule has 0 aliphatic heterocycles. The van der Waals surface area contributed by atoms with E-state index >= 15 is 0 Å². The Balaban J connectivity index is 1.77. The van der Waals surface area contributed by atoms with E-state index < -0.39 is 0 Å². The quantitative estimate of drug-likeness (QED) is 0.710. The molecular weight excluding hydrogens is 230 g/mol. The molecule has 19 heavy (non-hydrogen) atoms. The molecule has 0 aromatic heterocycles. The predicted molar refractivity (Wildman–Crippen MR) is 83.5 cm³/mol. The summed E-state index contributed by atoms with van der Waals surface area (Å²) in [5.74, 6) is 0.647. The first-order chi connectivity index (χ1) is 9.15. The highest BCUT2D eigenvalue weighted by molar-refractivity contribution is 5.37. The molecule has 0 spiro atoms. The summed E-state index contributed by atoms with van der Waals surface area (Å²) in [6.45, 7) is 6.63. The molecule has 2 aliphatic rings. The van der Waals surface area contributed by atoms with Gasteiger partial charge in [-0.2, -0.15) is 0 Å². The Kier molecular flexibility index (Phi) is 4.62. The van der Waals surface area contributed by atoms with Crippen molar-refractivity contribution in [2.45, 2.75) is 33.6 Å².